The van der Waals surface area contributed by atoms with Crippen molar-refractivity contribution in [1.82, 2.24) is 0 Å². The van der Waals surface area contributed by atoms with E-state index in [9.17, 15) is 9.59 Å². The van der Waals surface area contributed by atoms with E-state index in [2.05, 4.69) is 15.9 Å². The Balaban J connectivity index is 2.11. The van der Waals surface area contributed by atoms with E-state index in [1.807, 2.05) is 30.3 Å². The molecule has 3 heteroatoms. The number of rotatable bonds is 3. The van der Waals surface area contributed by atoms with Crippen molar-refractivity contribution in [1.29, 1.82) is 0 Å². The van der Waals surface area contributed by atoms with Gasteiger partial charge in [-0.3, -0.25) is 9.59 Å². The van der Waals surface area contributed by atoms with Gasteiger partial charge in [0.25, 0.3) is 0 Å². The van der Waals surface area contributed by atoms with Crippen LogP contribution in [0.2, 0.25) is 0 Å². The molecule has 0 fully saturated rings. The summed E-state index contributed by atoms with van der Waals surface area (Å²) in [5, 5.41) is 0. The molecule has 1 aliphatic carbocycles. The van der Waals surface area contributed by atoms with Crippen molar-refractivity contribution in [2.75, 3.05) is 0 Å². The van der Waals surface area contributed by atoms with Gasteiger partial charge in [-0.05, 0) is 56.0 Å². The van der Waals surface area contributed by atoms with Gasteiger partial charge in [0.15, 0.2) is 5.78 Å². The van der Waals surface area contributed by atoms with Gasteiger partial charge in [0.2, 0.25) is 0 Å². The van der Waals surface area contributed by atoms with Crippen molar-refractivity contribution < 1.29 is 9.59 Å². The fourth-order valence-electron chi connectivity index (χ4n) is 2.20. The van der Waals surface area contributed by atoms with Crippen LogP contribution in [-0.2, 0) is 4.79 Å². The van der Waals surface area contributed by atoms with Gasteiger partial charge in [0.05, 0.1) is 0 Å². The summed E-state index contributed by atoms with van der Waals surface area (Å²) in [7, 11) is 0. The van der Waals surface area contributed by atoms with Gasteiger partial charge >= 0.3 is 0 Å². The Kier molecular flexibility index (Phi) is 4.12. The average Bonchev–Trinajstić information content (AvgIpc) is 2.39. The fraction of sp³-hybridized carbons (Fsp3) is 0.333. The molecule has 18 heavy (non-hydrogen) atoms. The number of Topliss-reactive ketones (excluding diaryl/α,β-unsaturated/α-hetero) is 2. The van der Waals surface area contributed by atoms with E-state index in [0.717, 1.165) is 16.5 Å². The van der Waals surface area contributed by atoms with Crippen molar-refractivity contribution in [3.05, 3.63) is 46.0 Å². The van der Waals surface area contributed by atoms with Crippen LogP contribution < -0.4 is 0 Å². The summed E-state index contributed by atoms with van der Waals surface area (Å²) in [5.41, 5.74) is 1.56. The second-order valence-corrected chi connectivity index (χ2v) is 5.56. The maximum atomic E-state index is 12.2. The van der Waals surface area contributed by atoms with Crippen LogP contribution in [0.25, 0.3) is 0 Å². The molecule has 0 bridgehead atoms. The number of ketones is 2. The molecular formula is C15H15BrO2. The van der Waals surface area contributed by atoms with Crippen molar-refractivity contribution in [2.45, 2.75) is 26.2 Å². The standard InChI is InChI=1S/C15H15BrO2/c1-10(17)11-2-4-12(5-3-11)15(18)13-6-8-14(16)9-7-13/h4,6-9,11H,2-3,5H2,1H3. The van der Waals surface area contributed by atoms with Crippen molar-refractivity contribution in [3.8, 4) is 0 Å². The first-order chi connectivity index (χ1) is 8.58. The lowest BCUT2D eigenvalue weighted by Gasteiger charge is -2.18. The largest absolute Gasteiger partial charge is 0.300 e. The molecule has 1 aromatic carbocycles. The molecule has 0 radical (unpaired) electrons. The number of allylic oxidation sites excluding steroid dienone is 2. The van der Waals surface area contributed by atoms with Crippen LogP contribution in [0.1, 0.15) is 36.5 Å². The number of carbonyl (C=O) groups is 2. The maximum absolute atomic E-state index is 12.2. The van der Waals surface area contributed by atoms with E-state index in [0.29, 0.717) is 18.4 Å². The van der Waals surface area contributed by atoms with Gasteiger partial charge < -0.3 is 0 Å². The van der Waals surface area contributed by atoms with Crippen LogP contribution in [0.15, 0.2) is 40.4 Å². The van der Waals surface area contributed by atoms with Gasteiger partial charge in [0.1, 0.15) is 5.78 Å². The zero-order valence-corrected chi connectivity index (χ0v) is 11.9. The number of benzene rings is 1. The molecule has 1 aromatic rings. The average molecular weight is 307 g/mol. The minimum atomic E-state index is 0.0875. The molecule has 0 saturated heterocycles. The highest BCUT2D eigenvalue weighted by Crippen LogP contribution is 2.26. The molecule has 2 rings (SSSR count). The molecule has 0 amide bonds. The Hall–Kier alpha value is -1.22. The van der Waals surface area contributed by atoms with Gasteiger partial charge in [-0.1, -0.05) is 22.0 Å². The highest BCUT2D eigenvalue weighted by molar-refractivity contribution is 9.10. The van der Waals surface area contributed by atoms with Crippen LogP contribution in [0, 0.1) is 5.92 Å². The summed E-state index contributed by atoms with van der Waals surface area (Å²) >= 11 is 3.35. The first-order valence-electron chi connectivity index (χ1n) is 6.07. The molecule has 1 aliphatic rings. The molecule has 1 unspecified atom stereocenters. The normalized spacial score (nSPS) is 19.2. The Morgan fingerprint density at radius 3 is 2.39 bits per heavy atom. The van der Waals surface area contributed by atoms with E-state index in [1.165, 1.54) is 0 Å². The van der Waals surface area contributed by atoms with Gasteiger partial charge in [-0.25, -0.2) is 0 Å². The summed E-state index contributed by atoms with van der Waals surface area (Å²) < 4.78 is 0.966. The third-order valence-corrected chi connectivity index (χ3v) is 3.91. The Bertz CT molecular complexity index is 500. The molecule has 0 N–H and O–H groups in total. The zero-order chi connectivity index (χ0) is 13.1. The summed E-state index contributed by atoms with van der Waals surface area (Å²) in [4.78, 5) is 23.5. The third kappa shape index (κ3) is 2.96. The molecule has 94 valence electrons. The molecule has 0 spiro atoms. The van der Waals surface area contributed by atoms with E-state index < -0.39 is 0 Å². The molecule has 1 atom stereocenters. The van der Waals surface area contributed by atoms with Crippen molar-refractivity contribution in [3.63, 3.8) is 0 Å². The van der Waals surface area contributed by atoms with Gasteiger partial charge in [-0.15, -0.1) is 0 Å². The van der Waals surface area contributed by atoms with Crippen LogP contribution in [-0.4, -0.2) is 11.6 Å². The van der Waals surface area contributed by atoms with Crippen molar-refractivity contribution >= 4 is 27.5 Å². The summed E-state index contributed by atoms with van der Waals surface area (Å²) in [6.45, 7) is 1.63. The number of hydrogen-bond acceptors (Lipinski definition) is 2. The Morgan fingerprint density at radius 2 is 1.89 bits per heavy atom. The van der Waals surface area contributed by atoms with E-state index in [4.69, 9.17) is 0 Å². The van der Waals surface area contributed by atoms with E-state index >= 15 is 0 Å². The number of hydrogen-bond donors (Lipinski definition) is 0. The van der Waals surface area contributed by atoms with Crippen LogP contribution in [0.5, 0.6) is 0 Å². The smallest absolute Gasteiger partial charge is 0.188 e. The maximum Gasteiger partial charge on any atom is 0.188 e. The van der Waals surface area contributed by atoms with Gasteiger partial charge in [0, 0.05) is 16.0 Å². The lowest BCUT2D eigenvalue weighted by molar-refractivity contribution is -0.120. The lowest BCUT2D eigenvalue weighted by atomic mass is 9.84. The molecule has 0 saturated carbocycles. The van der Waals surface area contributed by atoms with E-state index in [1.54, 1.807) is 6.92 Å². The van der Waals surface area contributed by atoms with Gasteiger partial charge in [-0.2, -0.15) is 0 Å². The summed E-state index contributed by atoms with van der Waals surface area (Å²) in [6.07, 6.45) is 4.13. The quantitative estimate of drug-likeness (QED) is 0.792. The van der Waals surface area contributed by atoms with Crippen LogP contribution >= 0.6 is 15.9 Å². The lowest BCUT2D eigenvalue weighted by Crippen LogP contribution is -2.16. The SMILES string of the molecule is CC(=O)C1CC=C(C(=O)c2ccc(Br)cc2)CC1. The minimum absolute atomic E-state index is 0.0875. The highest BCUT2D eigenvalue weighted by Gasteiger charge is 2.22. The van der Waals surface area contributed by atoms with Crippen LogP contribution in [0.3, 0.4) is 0 Å². The highest BCUT2D eigenvalue weighted by atomic mass is 79.9. The number of halogens is 1. The predicted molar refractivity (Wildman–Crippen MR) is 74.6 cm³/mol. The first kappa shape index (κ1) is 13.2. The Labute approximate surface area is 115 Å². The molecular weight excluding hydrogens is 292 g/mol. The van der Waals surface area contributed by atoms with Crippen LogP contribution in [0.4, 0.5) is 0 Å². The van der Waals surface area contributed by atoms with E-state index in [-0.39, 0.29) is 17.5 Å². The molecule has 0 aromatic heterocycles. The Morgan fingerprint density at radius 1 is 1.22 bits per heavy atom. The molecule has 2 nitrogen and oxygen atoms in total. The second-order valence-electron chi connectivity index (χ2n) is 4.65. The number of carbonyl (C=O) groups excluding carboxylic acids is 2. The summed E-state index contributed by atoms with van der Waals surface area (Å²) in [5.74, 6) is 0.414. The second kappa shape index (κ2) is 5.61. The predicted octanol–water partition coefficient (Wildman–Crippen LogP) is 3.95. The third-order valence-electron chi connectivity index (χ3n) is 3.38. The van der Waals surface area contributed by atoms with Crippen molar-refractivity contribution in [2.24, 2.45) is 5.92 Å². The zero-order valence-electron chi connectivity index (χ0n) is 10.3. The monoisotopic (exact) mass is 306 g/mol. The topological polar surface area (TPSA) is 34.1 Å². The fourth-order valence-corrected chi connectivity index (χ4v) is 2.46. The molecule has 0 heterocycles. The first-order valence-corrected chi connectivity index (χ1v) is 6.87. The molecule has 0 aliphatic heterocycles. The summed E-state index contributed by atoms with van der Waals surface area (Å²) in [6, 6.07) is 7.39. The minimum Gasteiger partial charge on any atom is -0.300 e.